The summed E-state index contributed by atoms with van der Waals surface area (Å²) in [6.07, 6.45) is 7.10. The van der Waals surface area contributed by atoms with Crippen LogP contribution in [0.3, 0.4) is 0 Å². The molecule has 0 aromatic heterocycles. The van der Waals surface area contributed by atoms with Crippen LogP contribution in [0.4, 0.5) is 5.69 Å². The Balaban J connectivity index is 1.09. The molecule has 1 amide bonds. The van der Waals surface area contributed by atoms with Crippen LogP contribution in [0.15, 0.2) is 72.8 Å². The maximum Gasteiger partial charge on any atom is 0.256 e. The second kappa shape index (κ2) is 11.5. The summed E-state index contributed by atoms with van der Waals surface area (Å²) in [5, 5.41) is 0.660. The number of anilines is 1. The normalized spacial score (nSPS) is 18.8. The third-order valence-corrected chi connectivity index (χ3v) is 9.27. The molecular formula is C33H38ClN3O. The third-order valence-electron chi connectivity index (χ3n) is 8.89. The molecule has 6 rings (SSSR count). The van der Waals surface area contributed by atoms with Gasteiger partial charge in [-0.3, -0.25) is 9.69 Å². The van der Waals surface area contributed by atoms with E-state index in [4.69, 9.17) is 11.6 Å². The van der Waals surface area contributed by atoms with Crippen LogP contribution >= 0.6 is 11.6 Å². The number of fused-ring (bicyclic) bond motifs is 1. The molecule has 3 aromatic carbocycles. The number of hydrogen-bond acceptors (Lipinski definition) is 3. The van der Waals surface area contributed by atoms with Crippen molar-refractivity contribution in [2.75, 3.05) is 37.6 Å². The van der Waals surface area contributed by atoms with Gasteiger partial charge in [-0.25, -0.2) is 0 Å². The first-order valence-corrected chi connectivity index (χ1v) is 14.8. The third kappa shape index (κ3) is 5.21. The van der Waals surface area contributed by atoms with Crippen LogP contribution in [0.25, 0.3) is 0 Å². The molecule has 0 atom stereocenters. The Morgan fingerprint density at radius 2 is 1.42 bits per heavy atom. The van der Waals surface area contributed by atoms with E-state index < -0.39 is 0 Å². The van der Waals surface area contributed by atoms with Gasteiger partial charge < -0.3 is 9.80 Å². The molecule has 0 spiro atoms. The van der Waals surface area contributed by atoms with E-state index in [2.05, 4.69) is 87.5 Å². The molecular weight excluding hydrogens is 490 g/mol. The van der Waals surface area contributed by atoms with Crippen LogP contribution in [0.2, 0.25) is 5.02 Å². The summed E-state index contributed by atoms with van der Waals surface area (Å²) in [6, 6.07) is 26.4. The van der Waals surface area contributed by atoms with E-state index in [1.54, 1.807) is 0 Å². The van der Waals surface area contributed by atoms with Crippen molar-refractivity contribution in [2.45, 2.75) is 57.0 Å². The van der Waals surface area contributed by atoms with Crippen LogP contribution in [0.1, 0.15) is 71.5 Å². The van der Waals surface area contributed by atoms with Crippen molar-refractivity contribution in [2.24, 2.45) is 0 Å². The lowest BCUT2D eigenvalue weighted by Crippen LogP contribution is -2.47. The highest BCUT2D eigenvalue weighted by atomic mass is 35.5. The summed E-state index contributed by atoms with van der Waals surface area (Å²) in [6.45, 7) is 5.66. The van der Waals surface area contributed by atoms with Crippen LogP contribution in [0.5, 0.6) is 0 Å². The molecule has 1 saturated heterocycles. The standard InChI is InChI=1S/C33H38ClN3O/c34-32-30(17-16-27-24-37(33(38)31(27)32)28-14-8-3-9-15-28)36-22-20-35(21-23-36)19-18-29(25-10-4-1-5-11-25)26-12-6-2-7-13-26/h1-2,4-7,10-13,16-17,28-29H,3,8-9,14-15,18-24H2. The van der Waals surface area contributed by atoms with Gasteiger partial charge in [0, 0.05) is 44.7 Å². The van der Waals surface area contributed by atoms with Crippen molar-refractivity contribution >= 4 is 23.2 Å². The Labute approximate surface area is 232 Å². The summed E-state index contributed by atoms with van der Waals surface area (Å²) in [5.41, 5.74) is 5.64. The van der Waals surface area contributed by atoms with Gasteiger partial charge in [0.25, 0.3) is 5.91 Å². The number of rotatable bonds is 7. The molecule has 5 heteroatoms. The van der Waals surface area contributed by atoms with Gasteiger partial charge >= 0.3 is 0 Å². The fourth-order valence-electron chi connectivity index (χ4n) is 6.72. The maximum absolute atomic E-state index is 13.4. The van der Waals surface area contributed by atoms with Gasteiger partial charge in [0.15, 0.2) is 0 Å². The lowest BCUT2D eigenvalue weighted by atomic mass is 9.88. The minimum absolute atomic E-state index is 0.144. The lowest BCUT2D eigenvalue weighted by Gasteiger charge is -2.37. The maximum atomic E-state index is 13.4. The molecule has 2 fully saturated rings. The van der Waals surface area contributed by atoms with E-state index in [1.165, 1.54) is 30.4 Å². The molecule has 3 aliphatic rings. The first-order valence-electron chi connectivity index (χ1n) is 14.4. The van der Waals surface area contributed by atoms with Gasteiger partial charge in [-0.2, -0.15) is 0 Å². The van der Waals surface area contributed by atoms with E-state index in [9.17, 15) is 4.79 Å². The zero-order valence-corrected chi connectivity index (χ0v) is 23.0. The Morgan fingerprint density at radius 1 is 0.789 bits per heavy atom. The summed E-state index contributed by atoms with van der Waals surface area (Å²) in [5.74, 6) is 0.546. The molecule has 2 heterocycles. The van der Waals surface area contributed by atoms with Crippen LogP contribution in [-0.4, -0.2) is 54.5 Å². The number of benzene rings is 3. The molecule has 0 unspecified atom stereocenters. The number of piperazine rings is 1. The summed E-state index contributed by atoms with van der Waals surface area (Å²) >= 11 is 6.96. The monoisotopic (exact) mass is 527 g/mol. The van der Waals surface area contributed by atoms with E-state index >= 15 is 0 Å². The van der Waals surface area contributed by atoms with Gasteiger partial charge in [0.1, 0.15) is 0 Å². The lowest BCUT2D eigenvalue weighted by molar-refractivity contribution is 0.0660. The van der Waals surface area contributed by atoms with Crippen LogP contribution < -0.4 is 4.90 Å². The Morgan fingerprint density at radius 3 is 2.05 bits per heavy atom. The molecule has 2 aliphatic heterocycles. The molecule has 1 aliphatic carbocycles. The van der Waals surface area contributed by atoms with Gasteiger partial charge in [0.2, 0.25) is 0 Å². The fraction of sp³-hybridized carbons (Fsp3) is 0.424. The highest BCUT2D eigenvalue weighted by Gasteiger charge is 2.36. The van der Waals surface area contributed by atoms with Crippen molar-refractivity contribution < 1.29 is 4.79 Å². The molecule has 0 radical (unpaired) electrons. The van der Waals surface area contributed by atoms with Gasteiger partial charge in [-0.1, -0.05) is 97.6 Å². The van der Waals surface area contributed by atoms with E-state index in [0.717, 1.165) is 75.3 Å². The van der Waals surface area contributed by atoms with Crippen LogP contribution in [-0.2, 0) is 6.54 Å². The quantitative estimate of drug-likeness (QED) is 0.332. The van der Waals surface area contributed by atoms with Crippen molar-refractivity contribution in [3.05, 3.63) is 100 Å². The molecule has 4 nitrogen and oxygen atoms in total. The Hall–Kier alpha value is -2.82. The Bertz CT molecular complexity index is 1190. The second-order valence-corrected chi connectivity index (χ2v) is 11.5. The summed E-state index contributed by atoms with van der Waals surface area (Å²) in [4.78, 5) is 20.4. The predicted molar refractivity (Wildman–Crippen MR) is 156 cm³/mol. The highest BCUT2D eigenvalue weighted by Crippen LogP contribution is 2.39. The Kier molecular flexibility index (Phi) is 7.71. The SMILES string of the molecule is O=C1c2c(ccc(N3CCN(CCC(c4ccccc4)c4ccccc4)CC3)c2Cl)CN1C1CCCCC1. The van der Waals surface area contributed by atoms with E-state index in [1.807, 2.05) is 0 Å². The smallest absolute Gasteiger partial charge is 0.256 e. The first-order chi connectivity index (χ1) is 18.7. The number of nitrogens with zero attached hydrogens (tertiary/aromatic N) is 3. The van der Waals surface area contributed by atoms with E-state index in [0.29, 0.717) is 17.0 Å². The highest BCUT2D eigenvalue weighted by molar-refractivity contribution is 6.37. The topological polar surface area (TPSA) is 26.8 Å². The summed E-state index contributed by atoms with van der Waals surface area (Å²) in [7, 11) is 0. The molecule has 1 saturated carbocycles. The van der Waals surface area contributed by atoms with Crippen molar-refractivity contribution in [1.82, 2.24) is 9.80 Å². The number of halogens is 1. The summed E-state index contributed by atoms with van der Waals surface area (Å²) < 4.78 is 0. The van der Waals surface area contributed by atoms with Gasteiger partial charge in [-0.15, -0.1) is 0 Å². The average molecular weight is 528 g/mol. The zero-order valence-electron chi connectivity index (χ0n) is 22.2. The minimum atomic E-state index is 0.144. The first kappa shape index (κ1) is 25.5. The number of hydrogen-bond donors (Lipinski definition) is 0. The van der Waals surface area contributed by atoms with Crippen molar-refractivity contribution in [3.63, 3.8) is 0 Å². The van der Waals surface area contributed by atoms with Crippen molar-refractivity contribution in [1.29, 1.82) is 0 Å². The second-order valence-electron chi connectivity index (χ2n) is 11.1. The number of carbonyl (C=O) groups is 1. The number of carbonyl (C=O) groups excluding carboxylic acids is 1. The van der Waals surface area contributed by atoms with Crippen LogP contribution in [0, 0.1) is 0 Å². The minimum Gasteiger partial charge on any atom is -0.368 e. The fourth-order valence-corrected chi connectivity index (χ4v) is 7.10. The molecule has 198 valence electrons. The largest absolute Gasteiger partial charge is 0.368 e. The van der Waals surface area contributed by atoms with Crippen molar-refractivity contribution in [3.8, 4) is 0 Å². The molecule has 0 bridgehead atoms. The zero-order chi connectivity index (χ0) is 25.9. The molecule has 0 N–H and O–H groups in total. The predicted octanol–water partition coefficient (Wildman–Crippen LogP) is 6.97. The van der Waals surface area contributed by atoms with E-state index in [-0.39, 0.29) is 5.91 Å². The number of amides is 1. The van der Waals surface area contributed by atoms with Gasteiger partial charge in [0.05, 0.1) is 16.3 Å². The molecule has 3 aromatic rings. The van der Waals surface area contributed by atoms with Gasteiger partial charge in [-0.05, 0) is 48.6 Å². The average Bonchev–Trinajstić information content (AvgIpc) is 3.32. The molecule has 38 heavy (non-hydrogen) atoms.